The van der Waals surface area contributed by atoms with Gasteiger partial charge in [0.25, 0.3) is 0 Å². The number of aromatic hydroxyl groups is 1. The smallest absolute Gasteiger partial charge is 0.222 e. The average Bonchev–Trinajstić information content (AvgIpc) is 3.22. The molecule has 2 N–H and O–H groups in total. The Bertz CT molecular complexity index is 1090. The Morgan fingerprint density at radius 3 is 2.50 bits per heavy atom. The maximum Gasteiger partial charge on any atom is 0.222 e. The van der Waals surface area contributed by atoms with Crippen molar-refractivity contribution in [2.75, 3.05) is 13.6 Å². The average molecular weight is 548 g/mol. The molecule has 0 aromatic heterocycles. The quantitative estimate of drug-likeness (QED) is 0.141. The molecule has 4 rings (SSSR count). The van der Waals surface area contributed by atoms with Crippen LogP contribution in [0, 0.1) is 29.6 Å². The Morgan fingerprint density at radius 2 is 1.80 bits per heavy atom. The first-order valence-corrected chi connectivity index (χ1v) is 16.2. The molecule has 0 aliphatic heterocycles. The van der Waals surface area contributed by atoms with Gasteiger partial charge in [0.15, 0.2) is 0 Å². The number of hydrogen-bond donors (Lipinski definition) is 2. The van der Waals surface area contributed by atoms with Gasteiger partial charge in [-0.05, 0) is 79.5 Å². The van der Waals surface area contributed by atoms with Crippen LogP contribution >= 0.6 is 0 Å². The predicted octanol–water partition coefficient (Wildman–Crippen LogP) is 7.92. The highest BCUT2D eigenvalue weighted by Gasteiger charge is 2.58. The van der Waals surface area contributed by atoms with E-state index in [4.69, 9.17) is 6.42 Å². The molecule has 1 aromatic rings. The van der Waals surface area contributed by atoms with E-state index in [1.54, 1.807) is 0 Å². The number of phenolic OH excluding ortho intramolecular Hbond substituents is 1. The summed E-state index contributed by atoms with van der Waals surface area (Å²) >= 11 is 0. The van der Waals surface area contributed by atoms with Crippen LogP contribution in [0.4, 0.5) is 0 Å². The lowest BCUT2D eigenvalue weighted by Crippen LogP contribution is -2.49. The minimum Gasteiger partial charge on any atom is -0.508 e. The van der Waals surface area contributed by atoms with Crippen molar-refractivity contribution >= 4 is 5.91 Å². The zero-order valence-corrected chi connectivity index (χ0v) is 25.4. The monoisotopic (exact) mass is 547 g/mol. The Labute approximate surface area is 243 Å². The van der Waals surface area contributed by atoms with Crippen molar-refractivity contribution in [2.45, 2.75) is 128 Å². The van der Waals surface area contributed by atoms with Crippen LogP contribution in [0.5, 0.6) is 5.75 Å². The van der Waals surface area contributed by atoms with Crippen LogP contribution in [-0.2, 0) is 11.2 Å². The minimum atomic E-state index is -1.06. The van der Waals surface area contributed by atoms with Gasteiger partial charge in [0.05, 0.1) is 0 Å². The van der Waals surface area contributed by atoms with E-state index < -0.39 is 5.60 Å². The van der Waals surface area contributed by atoms with E-state index in [9.17, 15) is 15.0 Å². The van der Waals surface area contributed by atoms with Gasteiger partial charge in [-0.3, -0.25) is 4.79 Å². The van der Waals surface area contributed by atoms with Gasteiger partial charge in [0.2, 0.25) is 5.91 Å². The Kier molecular flexibility index (Phi) is 10.4. The topological polar surface area (TPSA) is 60.8 Å². The molecule has 0 saturated heterocycles. The van der Waals surface area contributed by atoms with Crippen LogP contribution in [0.25, 0.3) is 0 Å². The number of amides is 1. The van der Waals surface area contributed by atoms with Crippen molar-refractivity contribution in [3.05, 3.63) is 41.0 Å². The predicted molar refractivity (Wildman–Crippen MR) is 164 cm³/mol. The molecular weight excluding hydrogens is 494 g/mol. The van der Waals surface area contributed by atoms with Crippen molar-refractivity contribution in [3.8, 4) is 18.1 Å². The molecule has 0 heterocycles. The second-order valence-corrected chi connectivity index (χ2v) is 13.3. The van der Waals surface area contributed by atoms with Gasteiger partial charge in [0, 0.05) is 31.8 Å². The standard InChI is InChI=1S/C36H53NO3/c1-5-7-24-37(4)33(39)17-15-13-11-9-8-10-12-14-16-27-25-28-26-29(38)18-19-30(28)31-20-22-35(3)32(34(27)31)21-23-36(35,40)6-2/h2,18-19,21,26-27,31,34,38,40H,5,7-17,20,22-25H2,1,3-4H3/t27-,31+,34-,35+,36+/m1/s1. The largest absolute Gasteiger partial charge is 0.508 e. The van der Waals surface area contributed by atoms with Gasteiger partial charge in [-0.2, -0.15) is 0 Å². The summed E-state index contributed by atoms with van der Waals surface area (Å²) in [6.45, 7) is 5.25. The molecule has 1 aromatic carbocycles. The Morgan fingerprint density at radius 1 is 1.10 bits per heavy atom. The maximum atomic E-state index is 12.2. The minimum absolute atomic E-state index is 0.298. The van der Waals surface area contributed by atoms with E-state index in [1.165, 1.54) is 61.6 Å². The molecule has 220 valence electrons. The molecule has 3 aliphatic rings. The third-order valence-corrected chi connectivity index (χ3v) is 10.7. The number of carbonyl (C=O) groups is 1. The summed E-state index contributed by atoms with van der Waals surface area (Å²) in [6.07, 6.45) is 25.5. The van der Waals surface area contributed by atoms with Crippen LogP contribution in [0.15, 0.2) is 29.8 Å². The molecule has 4 heteroatoms. The Balaban J connectivity index is 1.24. The number of terminal acetylenes is 1. The van der Waals surface area contributed by atoms with E-state index in [-0.39, 0.29) is 5.41 Å². The first-order chi connectivity index (χ1) is 19.2. The molecule has 1 amide bonds. The summed E-state index contributed by atoms with van der Waals surface area (Å²) in [5.74, 6) is 4.85. The number of benzene rings is 1. The van der Waals surface area contributed by atoms with Crippen molar-refractivity contribution in [1.29, 1.82) is 0 Å². The number of nitrogens with zero attached hydrogens (tertiary/aromatic N) is 1. The lowest BCUT2D eigenvalue weighted by molar-refractivity contribution is -0.130. The SMILES string of the molecule is C#C[C@]1(O)CC=C2[C@@H]3[C@H](CCCCCCCCCCC(=O)N(C)CCCC)Cc4cc(O)ccc4[C@@H]3CC[C@@]21C. The van der Waals surface area contributed by atoms with Gasteiger partial charge in [-0.1, -0.05) is 88.8 Å². The van der Waals surface area contributed by atoms with E-state index >= 15 is 0 Å². The number of aliphatic hydroxyl groups is 1. The summed E-state index contributed by atoms with van der Waals surface area (Å²) in [4.78, 5) is 14.1. The summed E-state index contributed by atoms with van der Waals surface area (Å²) in [5.41, 5.74) is 2.72. The van der Waals surface area contributed by atoms with Crippen molar-refractivity contribution in [1.82, 2.24) is 4.90 Å². The molecule has 0 spiro atoms. The van der Waals surface area contributed by atoms with E-state index in [2.05, 4.69) is 31.9 Å². The Hall–Kier alpha value is -2.25. The molecule has 3 aliphatic carbocycles. The second kappa shape index (κ2) is 13.6. The van der Waals surface area contributed by atoms with Gasteiger partial charge in [0.1, 0.15) is 11.4 Å². The van der Waals surface area contributed by atoms with Crippen LogP contribution in [0.3, 0.4) is 0 Å². The molecule has 1 fully saturated rings. The summed E-state index contributed by atoms with van der Waals surface area (Å²) in [5, 5.41) is 21.6. The number of carbonyl (C=O) groups excluding carboxylic acids is 1. The van der Waals surface area contributed by atoms with Crippen molar-refractivity contribution < 1.29 is 15.0 Å². The lowest BCUT2D eigenvalue weighted by Gasteiger charge is -2.52. The molecule has 40 heavy (non-hydrogen) atoms. The van der Waals surface area contributed by atoms with Gasteiger partial charge in [-0.15, -0.1) is 6.42 Å². The first-order valence-electron chi connectivity index (χ1n) is 16.2. The zero-order valence-electron chi connectivity index (χ0n) is 25.4. The molecule has 0 radical (unpaired) electrons. The summed E-state index contributed by atoms with van der Waals surface area (Å²) in [6, 6.07) is 5.98. The summed E-state index contributed by atoms with van der Waals surface area (Å²) in [7, 11) is 1.93. The fourth-order valence-corrected chi connectivity index (χ4v) is 8.07. The van der Waals surface area contributed by atoms with Gasteiger partial charge >= 0.3 is 0 Å². The van der Waals surface area contributed by atoms with Crippen molar-refractivity contribution in [2.24, 2.45) is 17.3 Å². The maximum absolute atomic E-state index is 12.2. The second-order valence-electron chi connectivity index (χ2n) is 13.3. The molecule has 0 unspecified atom stereocenters. The number of hydrogen-bond acceptors (Lipinski definition) is 3. The van der Waals surface area contributed by atoms with Crippen LogP contribution in [-0.4, -0.2) is 40.2 Å². The highest BCUT2D eigenvalue weighted by Crippen LogP contribution is 2.63. The number of fused-ring (bicyclic) bond motifs is 5. The first kappa shape index (κ1) is 30.7. The molecule has 0 bridgehead atoms. The van der Waals surface area contributed by atoms with Crippen LogP contribution < -0.4 is 0 Å². The van der Waals surface area contributed by atoms with Gasteiger partial charge < -0.3 is 15.1 Å². The fraction of sp³-hybridized carbons (Fsp3) is 0.694. The fourth-order valence-electron chi connectivity index (χ4n) is 8.07. The molecule has 1 saturated carbocycles. The highest BCUT2D eigenvalue weighted by atomic mass is 16.3. The third-order valence-electron chi connectivity index (χ3n) is 10.7. The zero-order chi connectivity index (χ0) is 28.8. The van der Waals surface area contributed by atoms with Gasteiger partial charge in [-0.25, -0.2) is 0 Å². The number of rotatable bonds is 14. The molecule has 5 atom stereocenters. The van der Waals surface area contributed by atoms with E-state index in [1.807, 2.05) is 24.1 Å². The highest BCUT2D eigenvalue weighted by molar-refractivity contribution is 5.75. The molecule has 4 nitrogen and oxygen atoms in total. The van der Waals surface area contributed by atoms with E-state index in [0.717, 1.165) is 51.5 Å². The van der Waals surface area contributed by atoms with E-state index in [0.29, 0.717) is 42.3 Å². The normalized spacial score (nSPS) is 28.7. The molecular formula is C36H53NO3. The lowest BCUT2D eigenvalue weighted by atomic mass is 9.52. The third kappa shape index (κ3) is 6.46. The van der Waals surface area contributed by atoms with Crippen LogP contribution in [0.1, 0.15) is 127 Å². The summed E-state index contributed by atoms with van der Waals surface area (Å²) < 4.78 is 0. The van der Waals surface area contributed by atoms with Crippen molar-refractivity contribution in [3.63, 3.8) is 0 Å². The number of phenols is 1. The number of unbranched alkanes of at least 4 members (excludes halogenated alkanes) is 8. The van der Waals surface area contributed by atoms with Crippen LogP contribution in [0.2, 0.25) is 0 Å².